The number of hydrogen-bond donors (Lipinski definition) is 1. The maximum atomic E-state index is 5.78. The maximum Gasteiger partial charge on any atom is 0.122 e. The Labute approximate surface area is 122 Å². The van der Waals surface area contributed by atoms with Gasteiger partial charge in [-0.05, 0) is 31.4 Å². The predicted molar refractivity (Wildman–Crippen MR) is 82.4 cm³/mol. The van der Waals surface area contributed by atoms with Crippen LogP contribution in [0.1, 0.15) is 38.2 Å². The van der Waals surface area contributed by atoms with Crippen molar-refractivity contribution in [3.8, 4) is 5.75 Å². The fraction of sp³-hybridized carbons (Fsp3) is 0.647. The fourth-order valence-electron chi connectivity index (χ4n) is 3.41. The van der Waals surface area contributed by atoms with Crippen LogP contribution in [0.25, 0.3) is 0 Å². The van der Waals surface area contributed by atoms with Crippen LogP contribution >= 0.6 is 0 Å². The number of fused-ring (bicyclic) bond motifs is 1. The van der Waals surface area contributed by atoms with E-state index in [-0.39, 0.29) is 0 Å². The van der Waals surface area contributed by atoms with Crippen molar-refractivity contribution in [1.82, 2.24) is 10.2 Å². The molecule has 2 aliphatic rings. The fourth-order valence-corrected chi connectivity index (χ4v) is 3.41. The average Bonchev–Trinajstić information content (AvgIpc) is 2.50. The van der Waals surface area contributed by atoms with Crippen molar-refractivity contribution < 1.29 is 4.74 Å². The van der Waals surface area contributed by atoms with Gasteiger partial charge in [0.2, 0.25) is 0 Å². The molecule has 0 amide bonds. The third-order valence-corrected chi connectivity index (χ3v) is 4.81. The number of hydrogen-bond acceptors (Lipinski definition) is 3. The number of para-hydroxylation sites is 1. The topological polar surface area (TPSA) is 24.5 Å². The Morgan fingerprint density at radius 2 is 2.20 bits per heavy atom. The molecule has 2 heterocycles. The minimum Gasteiger partial charge on any atom is -0.493 e. The summed E-state index contributed by atoms with van der Waals surface area (Å²) in [7, 11) is 0. The van der Waals surface area contributed by atoms with Crippen LogP contribution in [0.4, 0.5) is 0 Å². The van der Waals surface area contributed by atoms with Crippen LogP contribution in [0.15, 0.2) is 24.3 Å². The molecule has 0 bridgehead atoms. The molecule has 0 aromatic heterocycles. The molecule has 20 heavy (non-hydrogen) atoms. The molecule has 3 heteroatoms. The van der Waals surface area contributed by atoms with Crippen LogP contribution in [-0.2, 0) is 0 Å². The summed E-state index contributed by atoms with van der Waals surface area (Å²) < 4.78 is 5.78. The van der Waals surface area contributed by atoms with E-state index in [1.807, 2.05) is 0 Å². The van der Waals surface area contributed by atoms with Crippen LogP contribution in [0.5, 0.6) is 5.75 Å². The van der Waals surface area contributed by atoms with Gasteiger partial charge in [0.1, 0.15) is 5.75 Å². The number of benzene rings is 1. The molecular formula is C17H26N2O. The lowest BCUT2D eigenvalue weighted by atomic mass is 9.91. The highest BCUT2D eigenvalue weighted by molar-refractivity contribution is 5.38. The minimum absolute atomic E-state index is 0.623. The Hall–Kier alpha value is -1.06. The highest BCUT2D eigenvalue weighted by Crippen LogP contribution is 2.34. The van der Waals surface area contributed by atoms with Crippen LogP contribution in [0.3, 0.4) is 0 Å². The van der Waals surface area contributed by atoms with Crippen molar-refractivity contribution in [2.75, 3.05) is 26.2 Å². The average molecular weight is 274 g/mol. The van der Waals surface area contributed by atoms with E-state index in [0.717, 1.165) is 25.3 Å². The molecule has 0 radical (unpaired) electrons. The van der Waals surface area contributed by atoms with Gasteiger partial charge in [-0.3, -0.25) is 4.90 Å². The van der Waals surface area contributed by atoms with Gasteiger partial charge < -0.3 is 10.1 Å². The maximum absolute atomic E-state index is 5.78. The molecule has 0 saturated carbocycles. The molecule has 1 N–H and O–H groups in total. The molecule has 3 rings (SSSR count). The third-order valence-electron chi connectivity index (χ3n) is 4.81. The van der Waals surface area contributed by atoms with Gasteiger partial charge in [0.25, 0.3) is 0 Å². The van der Waals surface area contributed by atoms with Crippen molar-refractivity contribution in [3.63, 3.8) is 0 Å². The van der Waals surface area contributed by atoms with E-state index in [4.69, 9.17) is 4.74 Å². The minimum atomic E-state index is 0.623. The van der Waals surface area contributed by atoms with Crippen molar-refractivity contribution in [1.29, 1.82) is 0 Å². The van der Waals surface area contributed by atoms with Crippen LogP contribution in [0.2, 0.25) is 0 Å². The Morgan fingerprint density at radius 1 is 1.35 bits per heavy atom. The normalized spacial score (nSPS) is 30.6. The quantitative estimate of drug-likeness (QED) is 0.917. The molecule has 3 atom stereocenters. The summed E-state index contributed by atoms with van der Waals surface area (Å²) in [6.07, 6.45) is 2.36. The summed E-state index contributed by atoms with van der Waals surface area (Å²) in [4.78, 5) is 2.66. The second-order valence-electron chi connectivity index (χ2n) is 6.19. The molecule has 1 saturated heterocycles. The second kappa shape index (κ2) is 6.15. The molecule has 1 fully saturated rings. The lowest BCUT2D eigenvalue weighted by Gasteiger charge is -2.41. The summed E-state index contributed by atoms with van der Waals surface area (Å²) in [6.45, 7) is 8.93. The van der Waals surface area contributed by atoms with Gasteiger partial charge in [0, 0.05) is 37.6 Å². The summed E-state index contributed by atoms with van der Waals surface area (Å²) in [5, 5.41) is 3.64. The summed E-state index contributed by atoms with van der Waals surface area (Å²) in [5.74, 6) is 1.72. The summed E-state index contributed by atoms with van der Waals surface area (Å²) in [5.41, 5.74) is 1.40. The zero-order valence-electron chi connectivity index (χ0n) is 12.6. The van der Waals surface area contributed by atoms with Gasteiger partial charge in [-0.1, -0.05) is 25.1 Å². The monoisotopic (exact) mass is 274 g/mol. The summed E-state index contributed by atoms with van der Waals surface area (Å²) in [6, 6.07) is 9.84. The molecule has 1 aromatic carbocycles. The van der Waals surface area contributed by atoms with Gasteiger partial charge in [-0.2, -0.15) is 0 Å². The number of ether oxygens (including phenoxy) is 1. The second-order valence-corrected chi connectivity index (χ2v) is 6.19. The lowest BCUT2D eigenvalue weighted by Crippen LogP contribution is -2.56. The van der Waals surface area contributed by atoms with Gasteiger partial charge in [-0.25, -0.2) is 0 Å². The molecule has 110 valence electrons. The summed E-state index contributed by atoms with van der Waals surface area (Å²) >= 11 is 0. The Balaban J connectivity index is 1.71. The van der Waals surface area contributed by atoms with E-state index < -0.39 is 0 Å². The van der Waals surface area contributed by atoms with Crippen LogP contribution < -0.4 is 10.1 Å². The molecule has 3 unspecified atom stereocenters. The van der Waals surface area contributed by atoms with Crippen LogP contribution in [-0.4, -0.2) is 43.2 Å². The van der Waals surface area contributed by atoms with Gasteiger partial charge in [-0.15, -0.1) is 0 Å². The molecule has 2 aliphatic heterocycles. The van der Waals surface area contributed by atoms with E-state index in [9.17, 15) is 0 Å². The zero-order chi connectivity index (χ0) is 13.9. The number of rotatable bonds is 3. The van der Waals surface area contributed by atoms with Crippen molar-refractivity contribution in [2.45, 2.75) is 44.7 Å². The van der Waals surface area contributed by atoms with Crippen molar-refractivity contribution >= 4 is 0 Å². The first-order chi connectivity index (χ1) is 9.78. The van der Waals surface area contributed by atoms with E-state index in [1.54, 1.807) is 0 Å². The van der Waals surface area contributed by atoms with Gasteiger partial charge >= 0.3 is 0 Å². The lowest BCUT2D eigenvalue weighted by molar-refractivity contribution is 0.121. The van der Waals surface area contributed by atoms with E-state index in [1.165, 1.54) is 25.1 Å². The van der Waals surface area contributed by atoms with Gasteiger partial charge in [0.05, 0.1) is 6.61 Å². The molecule has 0 aliphatic carbocycles. The Kier molecular flexibility index (Phi) is 4.27. The number of nitrogens with one attached hydrogen (secondary N) is 1. The molecule has 3 nitrogen and oxygen atoms in total. The first-order valence-corrected chi connectivity index (χ1v) is 7.97. The van der Waals surface area contributed by atoms with Crippen LogP contribution in [0, 0.1) is 0 Å². The van der Waals surface area contributed by atoms with E-state index in [2.05, 4.69) is 48.3 Å². The molecule has 0 spiro atoms. The smallest absolute Gasteiger partial charge is 0.122 e. The first-order valence-electron chi connectivity index (χ1n) is 7.97. The van der Waals surface area contributed by atoms with E-state index in [0.29, 0.717) is 18.0 Å². The Bertz CT molecular complexity index is 448. The van der Waals surface area contributed by atoms with Crippen molar-refractivity contribution in [2.24, 2.45) is 0 Å². The highest BCUT2D eigenvalue weighted by Gasteiger charge is 2.29. The van der Waals surface area contributed by atoms with Crippen molar-refractivity contribution in [3.05, 3.63) is 29.8 Å². The Morgan fingerprint density at radius 3 is 3.05 bits per heavy atom. The van der Waals surface area contributed by atoms with E-state index >= 15 is 0 Å². The highest BCUT2D eigenvalue weighted by atomic mass is 16.5. The predicted octanol–water partition coefficient (Wildman–Crippen LogP) is 2.62. The molecular weight excluding hydrogens is 248 g/mol. The first kappa shape index (κ1) is 13.9. The third kappa shape index (κ3) is 2.84. The standard InChI is InChI=1S/C17H26N2O/c1-3-15-12-19(13(2)10-18-15)11-14-8-9-20-17-7-5-4-6-16(14)17/h4-7,13-15,18H,3,8-12H2,1-2H3. The molecule has 1 aromatic rings. The zero-order valence-corrected chi connectivity index (χ0v) is 12.6. The van der Waals surface area contributed by atoms with Gasteiger partial charge in [0.15, 0.2) is 0 Å². The largest absolute Gasteiger partial charge is 0.493 e. The number of piperazine rings is 1. The SMILES string of the molecule is CCC1CN(CC2CCOc3ccccc32)C(C)CN1. The number of nitrogens with zero attached hydrogens (tertiary/aromatic N) is 1.